The van der Waals surface area contributed by atoms with Crippen LogP contribution in [0.4, 0.5) is 0 Å². The molecule has 1 aromatic carbocycles. The van der Waals surface area contributed by atoms with Crippen LogP contribution in [0, 0.1) is 0 Å². The topological polar surface area (TPSA) is 8.81 Å². The number of halogens is 1. The summed E-state index contributed by atoms with van der Waals surface area (Å²) in [6.45, 7) is 7.42. The maximum Gasteiger partial charge on any atom is 0.248 e. The molecular weight excluding hydrogens is 244 g/mol. The molecule has 0 radical (unpaired) electrons. The van der Waals surface area contributed by atoms with E-state index >= 15 is 0 Å². The van der Waals surface area contributed by atoms with Gasteiger partial charge in [-0.3, -0.25) is 0 Å². The predicted octanol–water partition coefficient (Wildman–Crippen LogP) is 0.0987. The van der Waals surface area contributed by atoms with Crippen LogP contribution < -0.4 is 17.0 Å². The van der Waals surface area contributed by atoms with Gasteiger partial charge in [0.15, 0.2) is 0 Å². The van der Waals surface area contributed by atoms with E-state index in [0.717, 1.165) is 17.8 Å². The van der Waals surface area contributed by atoms with E-state index in [4.69, 9.17) is 0 Å². The molecule has 0 fully saturated rings. The molecule has 96 valence electrons. The molecule has 2 rings (SSSR count). The Labute approximate surface area is 115 Å². The minimum atomic E-state index is 0. The number of imidazole rings is 1. The van der Waals surface area contributed by atoms with Crippen molar-refractivity contribution in [2.45, 2.75) is 26.3 Å². The Morgan fingerprint density at radius 3 is 2.67 bits per heavy atom. The fraction of sp³-hybridized carbons (Fsp3) is 0.267. The molecule has 3 heteroatoms. The lowest BCUT2D eigenvalue weighted by molar-refractivity contribution is -0.696. The SMILES string of the molecule is C=C(c1ccccc1)n1cc[n+](CCCC)c1.[Cl-]. The lowest BCUT2D eigenvalue weighted by Gasteiger charge is -2.00. The van der Waals surface area contributed by atoms with Crippen molar-refractivity contribution in [2.75, 3.05) is 0 Å². The molecule has 18 heavy (non-hydrogen) atoms. The van der Waals surface area contributed by atoms with Crippen LogP contribution in [0.15, 0.2) is 55.6 Å². The summed E-state index contributed by atoms with van der Waals surface area (Å²) in [4.78, 5) is 0. The van der Waals surface area contributed by atoms with Crippen LogP contribution in [0.5, 0.6) is 0 Å². The van der Waals surface area contributed by atoms with E-state index in [1.165, 1.54) is 12.8 Å². The Balaban J connectivity index is 0.00000162. The molecule has 0 aliphatic carbocycles. The van der Waals surface area contributed by atoms with Crippen LogP contribution in [-0.2, 0) is 6.54 Å². The molecule has 0 N–H and O–H groups in total. The van der Waals surface area contributed by atoms with Crippen LogP contribution >= 0.6 is 0 Å². The highest BCUT2D eigenvalue weighted by Gasteiger charge is 2.08. The van der Waals surface area contributed by atoms with Gasteiger partial charge in [0.05, 0.1) is 6.54 Å². The minimum absolute atomic E-state index is 0. The average Bonchev–Trinajstić information content (AvgIpc) is 2.85. The Bertz CT molecular complexity index is 488. The summed E-state index contributed by atoms with van der Waals surface area (Å²) >= 11 is 0. The van der Waals surface area contributed by atoms with Crippen LogP contribution in [0.1, 0.15) is 25.3 Å². The minimum Gasteiger partial charge on any atom is -1.00 e. The third kappa shape index (κ3) is 3.47. The quantitative estimate of drug-likeness (QED) is 0.676. The van der Waals surface area contributed by atoms with Crippen LogP contribution in [0.3, 0.4) is 0 Å². The third-order valence-electron chi connectivity index (χ3n) is 2.88. The fourth-order valence-electron chi connectivity index (χ4n) is 1.81. The van der Waals surface area contributed by atoms with Crippen molar-refractivity contribution in [3.8, 4) is 0 Å². The molecule has 2 aromatic rings. The highest BCUT2D eigenvalue weighted by molar-refractivity contribution is 5.62. The van der Waals surface area contributed by atoms with Crippen molar-refractivity contribution in [1.29, 1.82) is 0 Å². The van der Waals surface area contributed by atoms with Crippen molar-refractivity contribution in [3.05, 3.63) is 61.2 Å². The lowest BCUT2D eigenvalue weighted by atomic mass is 10.2. The van der Waals surface area contributed by atoms with E-state index < -0.39 is 0 Å². The molecule has 0 atom stereocenters. The fourth-order valence-corrected chi connectivity index (χ4v) is 1.81. The van der Waals surface area contributed by atoms with Crippen molar-refractivity contribution < 1.29 is 17.0 Å². The van der Waals surface area contributed by atoms with Gasteiger partial charge in [0, 0.05) is 5.56 Å². The number of rotatable bonds is 5. The molecule has 0 saturated carbocycles. The molecule has 0 aliphatic rings. The van der Waals surface area contributed by atoms with E-state index in [1.807, 2.05) is 18.2 Å². The van der Waals surface area contributed by atoms with Crippen molar-refractivity contribution in [3.63, 3.8) is 0 Å². The summed E-state index contributed by atoms with van der Waals surface area (Å²) in [7, 11) is 0. The summed E-state index contributed by atoms with van der Waals surface area (Å²) in [5, 5.41) is 0. The van der Waals surface area contributed by atoms with Gasteiger partial charge in [-0.2, -0.15) is 0 Å². The smallest absolute Gasteiger partial charge is 0.248 e. The predicted molar refractivity (Wildman–Crippen MR) is 70.4 cm³/mol. The molecule has 0 saturated heterocycles. The Hall–Kier alpha value is -1.54. The normalized spacial score (nSPS) is 9.83. The van der Waals surface area contributed by atoms with Crippen molar-refractivity contribution in [1.82, 2.24) is 4.57 Å². The highest BCUT2D eigenvalue weighted by atomic mass is 35.5. The molecular formula is C15H19ClN2. The molecule has 1 heterocycles. The maximum atomic E-state index is 4.14. The van der Waals surface area contributed by atoms with Gasteiger partial charge in [0.25, 0.3) is 0 Å². The van der Waals surface area contributed by atoms with E-state index in [-0.39, 0.29) is 12.4 Å². The van der Waals surface area contributed by atoms with Gasteiger partial charge in [-0.05, 0) is 6.42 Å². The summed E-state index contributed by atoms with van der Waals surface area (Å²) < 4.78 is 4.28. The van der Waals surface area contributed by atoms with Gasteiger partial charge in [0.2, 0.25) is 6.33 Å². The second-order valence-electron chi connectivity index (χ2n) is 4.22. The standard InChI is InChI=1S/C15H19N2.ClH/c1-3-4-10-16-11-12-17(13-16)14(2)15-8-6-5-7-9-15;/h5-9,11-13H,2-4,10H2,1H3;1H/q+1;/p-1. The van der Waals surface area contributed by atoms with E-state index in [2.05, 4.69) is 53.5 Å². The van der Waals surface area contributed by atoms with Gasteiger partial charge in [0.1, 0.15) is 18.1 Å². The van der Waals surface area contributed by atoms with Gasteiger partial charge in [-0.15, -0.1) is 0 Å². The Kier molecular flexibility index (Phi) is 5.66. The molecule has 0 bridgehead atoms. The lowest BCUT2D eigenvalue weighted by Crippen LogP contribution is -3.00. The first-order valence-electron chi connectivity index (χ1n) is 6.13. The molecule has 2 nitrogen and oxygen atoms in total. The number of hydrogen-bond donors (Lipinski definition) is 0. The first kappa shape index (κ1) is 14.5. The molecule has 1 aromatic heterocycles. The average molecular weight is 263 g/mol. The largest absolute Gasteiger partial charge is 1.00 e. The van der Waals surface area contributed by atoms with Crippen LogP contribution in [0.25, 0.3) is 5.70 Å². The van der Waals surface area contributed by atoms with Crippen LogP contribution in [-0.4, -0.2) is 4.57 Å². The summed E-state index contributed by atoms with van der Waals surface area (Å²) in [6, 6.07) is 10.3. The Morgan fingerprint density at radius 1 is 1.28 bits per heavy atom. The zero-order valence-corrected chi connectivity index (χ0v) is 11.5. The number of aryl methyl sites for hydroxylation is 1. The number of unbranched alkanes of at least 4 members (excludes halogenated alkanes) is 1. The number of nitrogens with zero attached hydrogens (tertiary/aromatic N) is 2. The molecule has 0 unspecified atom stereocenters. The highest BCUT2D eigenvalue weighted by Crippen LogP contribution is 2.13. The first-order chi connectivity index (χ1) is 8.31. The van der Waals surface area contributed by atoms with Gasteiger partial charge < -0.3 is 12.4 Å². The second-order valence-corrected chi connectivity index (χ2v) is 4.22. The van der Waals surface area contributed by atoms with Gasteiger partial charge >= 0.3 is 0 Å². The first-order valence-corrected chi connectivity index (χ1v) is 6.13. The van der Waals surface area contributed by atoms with Crippen molar-refractivity contribution >= 4 is 5.70 Å². The summed E-state index contributed by atoms with van der Waals surface area (Å²) in [5.41, 5.74) is 2.17. The van der Waals surface area contributed by atoms with E-state index in [1.54, 1.807) is 0 Å². The maximum absolute atomic E-state index is 4.14. The molecule has 0 aliphatic heterocycles. The van der Waals surface area contributed by atoms with E-state index in [0.29, 0.717) is 0 Å². The number of aromatic nitrogens is 2. The zero-order valence-electron chi connectivity index (χ0n) is 10.7. The van der Waals surface area contributed by atoms with Crippen LogP contribution in [0.2, 0.25) is 0 Å². The zero-order chi connectivity index (χ0) is 12.1. The number of hydrogen-bond acceptors (Lipinski definition) is 0. The summed E-state index contributed by atoms with van der Waals surface area (Å²) in [5.74, 6) is 0. The van der Waals surface area contributed by atoms with E-state index in [9.17, 15) is 0 Å². The third-order valence-corrected chi connectivity index (χ3v) is 2.88. The monoisotopic (exact) mass is 262 g/mol. The molecule has 0 amide bonds. The molecule has 0 spiro atoms. The van der Waals surface area contributed by atoms with Crippen molar-refractivity contribution in [2.24, 2.45) is 0 Å². The van der Waals surface area contributed by atoms with Gasteiger partial charge in [-0.1, -0.05) is 50.3 Å². The van der Waals surface area contributed by atoms with Gasteiger partial charge in [-0.25, -0.2) is 9.13 Å². The Morgan fingerprint density at radius 2 is 2.00 bits per heavy atom. The second kappa shape index (κ2) is 7.02. The summed E-state index contributed by atoms with van der Waals surface area (Å²) in [6.07, 6.45) is 8.70. The number of benzene rings is 1.